The van der Waals surface area contributed by atoms with Crippen molar-refractivity contribution in [3.05, 3.63) is 51.8 Å². The molecule has 0 saturated carbocycles. The van der Waals surface area contributed by atoms with Crippen LogP contribution in [-0.4, -0.2) is 37.6 Å². The third-order valence-electron chi connectivity index (χ3n) is 3.59. The molecule has 0 fully saturated rings. The van der Waals surface area contributed by atoms with Gasteiger partial charge in [-0.05, 0) is 31.2 Å². The Labute approximate surface area is 154 Å². The van der Waals surface area contributed by atoms with Gasteiger partial charge in [0.25, 0.3) is 5.91 Å². The first-order valence-electron chi connectivity index (χ1n) is 7.78. The Hall–Kier alpha value is -3.56. The topological polar surface area (TPSA) is 130 Å². The number of hydrogen-bond acceptors (Lipinski definition) is 8. The van der Waals surface area contributed by atoms with Gasteiger partial charge in [0.05, 0.1) is 26.3 Å². The third kappa shape index (κ3) is 4.97. The number of hydrogen-bond donors (Lipinski definition) is 1. The van der Waals surface area contributed by atoms with Gasteiger partial charge in [0.2, 0.25) is 5.76 Å². The number of carbonyl (C=O) groups is 2. The van der Waals surface area contributed by atoms with Gasteiger partial charge >= 0.3 is 11.9 Å². The molecule has 0 bridgehead atoms. The molecule has 1 atom stereocenters. The van der Waals surface area contributed by atoms with E-state index < -0.39 is 35.3 Å². The fourth-order valence-electron chi connectivity index (χ4n) is 2.28. The SMILES string of the molecule is COc1ccc(OC)c([C@H](C)NC(=O)COC(=O)c2ccc([N+](=O)[O-])o2)c1. The number of ether oxygens (including phenoxy) is 3. The predicted molar refractivity (Wildman–Crippen MR) is 91.7 cm³/mol. The van der Waals surface area contributed by atoms with Crippen LogP contribution in [-0.2, 0) is 9.53 Å². The summed E-state index contributed by atoms with van der Waals surface area (Å²) in [6.07, 6.45) is 0. The molecule has 1 N–H and O–H groups in total. The Kier molecular flexibility index (Phi) is 6.36. The van der Waals surface area contributed by atoms with E-state index in [1.54, 1.807) is 25.1 Å². The van der Waals surface area contributed by atoms with Crippen molar-refractivity contribution in [2.75, 3.05) is 20.8 Å². The number of esters is 1. The lowest BCUT2D eigenvalue weighted by molar-refractivity contribution is -0.402. The van der Waals surface area contributed by atoms with Gasteiger partial charge in [-0.2, -0.15) is 0 Å². The van der Waals surface area contributed by atoms with Crippen LogP contribution in [0, 0.1) is 10.1 Å². The molecule has 27 heavy (non-hydrogen) atoms. The molecule has 1 aromatic heterocycles. The van der Waals surface area contributed by atoms with Crippen molar-refractivity contribution in [3.63, 3.8) is 0 Å². The molecular formula is C17H18N2O8. The molecule has 0 unspecified atom stereocenters. The van der Waals surface area contributed by atoms with Crippen LogP contribution in [0.3, 0.4) is 0 Å². The summed E-state index contributed by atoms with van der Waals surface area (Å²) < 4.78 is 19.9. The Morgan fingerprint density at radius 3 is 2.56 bits per heavy atom. The molecule has 0 aliphatic heterocycles. The molecule has 0 saturated heterocycles. The van der Waals surface area contributed by atoms with Crippen molar-refractivity contribution in [2.24, 2.45) is 0 Å². The van der Waals surface area contributed by atoms with Crippen LogP contribution in [0.25, 0.3) is 0 Å². The second-order valence-electron chi connectivity index (χ2n) is 5.37. The summed E-state index contributed by atoms with van der Waals surface area (Å²) in [6.45, 7) is 1.15. The molecule has 10 nitrogen and oxygen atoms in total. The fourth-order valence-corrected chi connectivity index (χ4v) is 2.28. The highest BCUT2D eigenvalue weighted by atomic mass is 16.7. The number of nitro groups is 1. The normalized spacial score (nSPS) is 11.4. The summed E-state index contributed by atoms with van der Waals surface area (Å²) in [5.74, 6) is -1.35. The molecule has 1 amide bonds. The van der Waals surface area contributed by atoms with Crippen LogP contribution in [0.1, 0.15) is 29.1 Å². The van der Waals surface area contributed by atoms with E-state index in [4.69, 9.17) is 18.6 Å². The van der Waals surface area contributed by atoms with Crippen molar-refractivity contribution in [2.45, 2.75) is 13.0 Å². The van der Waals surface area contributed by atoms with Crippen molar-refractivity contribution in [3.8, 4) is 11.5 Å². The first-order chi connectivity index (χ1) is 12.8. The summed E-state index contributed by atoms with van der Waals surface area (Å²) in [7, 11) is 3.03. The predicted octanol–water partition coefficient (Wildman–Crippen LogP) is 2.24. The van der Waals surface area contributed by atoms with Crippen molar-refractivity contribution >= 4 is 17.8 Å². The van der Waals surface area contributed by atoms with Crippen molar-refractivity contribution in [1.82, 2.24) is 5.32 Å². The number of nitrogens with zero attached hydrogens (tertiary/aromatic N) is 1. The summed E-state index contributed by atoms with van der Waals surface area (Å²) in [5, 5.41) is 13.2. The maximum Gasteiger partial charge on any atom is 0.433 e. The summed E-state index contributed by atoms with van der Waals surface area (Å²) in [4.78, 5) is 33.5. The Morgan fingerprint density at radius 1 is 1.22 bits per heavy atom. The fraction of sp³-hybridized carbons (Fsp3) is 0.294. The lowest BCUT2D eigenvalue weighted by Crippen LogP contribution is -2.31. The monoisotopic (exact) mass is 378 g/mol. The van der Waals surface area contributed by atoms with Gasteiger partial charge in [-0.25, -0.2) is 4.79 Å². The van der Waals surface area contributed by atoms with Gasteiger partial charge in [-0.1, -0.05) is 0 Å². The maximum atomic E-state index is 12.0. The van der Waals surface area contributed by atoms with E-state index in [1.807, 2.05) is 0 Å². The first kappa shape index (κ1) is 19.8. The average molecular weight is 378 g/mol. The maximum absolute atomic E-state index is 12.0. The van der Waals surface area contributed by atoms with Crippen LogP contribution in [0.5, 0.6) is 11.5 Å². The molecule has 0 spiro atoms. The molecule has 144 valence electrons. The molecule has 10 heteroatoms. The van der Waals surface area contributed by atoms with E-state index in [-0.39, 0.29) is 5.76 Å². The molecule has 2 rings (SSSR count). The van der Waals surface area contributed by atoms with E-state index >= 15 is 0 Å². The number of benzene rings is 1. The van der Waals surface area contributed by atoms with Gasteiger partial charge in [-0.15, -0.1) is 0 Å². The van der Waals surface area contributed by atoms with Gasteiger partial charge in [-0.3, -0.25) is 14.9 Å². The zero-order chi connectivity index (χ0) is 20.0. The van der Waals surface area contributed by atoms with E-state index in [0.717, 1.165) is 12.1 Å². The van der Waals surface area contributed by atoms with Crippen molar-refractivity contribution < 1.29 is 33.1 Å². The number of amides is 1. The third-order valence-corrected chi connectivity index (χ3v) is 3.59. The van der Waals surface area contributed by atoms with Crippen LogP contribution in [0.15, 0.2) is 34.7 Å². The van der Waals surface area contributed by atoms with Gasteiger partial charge in [0, 0.05) is 5.56 Å². The Morgan fingerprint density at radius 2 is 1.96 bits per heavy atom. The lowest BCUT2D eigenvalue weighted by atomic mass is 10.1. The second kappa shape index (κ2) is 8.70. The number of furan rings is 1. The van der Waals surface area contributed by atoms with E-state index in [1.165, 1.54) is 14.2 Å². The zero-order valence-electron chi connectivity index (χ0n) is 14.9. The molecule has 0 aliphatic carbocycles. The molecule has 1 aromatic carbocycles. The van der Waals surface area contributed by atoms with Crippen LogP contribution in [0.2, 0.25) is 0 Å². The summed E-state index contributed by atoms with van der Waals surface area (Å²) >= 11 is 0. The van der Waals surface area contributed by atoms with Crippen molar-refractivity contribution in [1.29, 1.82) is 0 Å². The minimum absolute atomic E-state index is 0.364. The van der Waals surface area contributed by atoms with Crippen LogP contribution in [0.4, 0.5) is 5.88 Å². The quantitative estimate of drug-likeness (QED) is 0.420. The summed E-state index contributed by atoms with van der Waals surface area (Å²) in [5.41, 5.74) is 0.679. The molecular weight excluding hydrogens is 360 g/mol. The Balaban J connectivity index is 1.95. The molecule has 0 aliphatic rings. The smallest absolute Gasteiger partial charge is 0.433 e. The number of carbonyl (C=O) groups excluding carboxylic acids is 2. The average Bonchev–Trinajstić information content (AvgIpc) is 3.16. The number of methoxy groups -OCH3 is 2. The highest BCUT2D eigenvalue weighted by Gasteiger charge is 2.20. The highest BCUT2D eigenvalue weighted by Crippen LogP contribution is 2.29. The molecule has 2 aromatic rings. The largest absolute Gasteiger partial charge is 0.497 e. The molecule has 1 heterocycles. The summed E-state index contributed by atoms with van der Waals surface area (Å²) in [6, 6.07) is 6.82. The lowest BCUT2D eigenvalue weighted by Gasteiger charge is -2.18. The van der Waals surface area contributed by atoms with Gasteiger partial charge in [0.1, 0.15) is 16.4 Å². The van der Waals surface area contributed by atoms with E-state index in [9.17, 15) is 19.7 Å². The van der Waals surface area contributed by atoms with Gasteiger partial charge < -0.3 is 23.9 Å². The van der Waals surface area contributed by atoms with Crippen LogP contribution >= 0.6 is 0 Å². The first-order valence-corrected chi connectivity index (χ1v) is 7.78. The number of rotatable bonds is 8. The second-order valence-corrected chi connectivity index (χ2v) is 5.37. The van der Waals surface area contributed by atoms with Crippen LogP contribution < -0.4 is 14.8 Å². The minimum atomic E-state index is -0.982. The zero-order valence-corrected chi connectivity index (χ0v) is 14.9. The molecule has 0 radical (unpaired) electrons. The van der Waals surface area contributed by atoms with E-state index in [0.29, 0.717) is 17.1 Å². The van der Waals surface area contributed by atoms with Gasteiger partial charge in [0.15, 0.2) is 6.61 Å². The van der Waals surface area contributed by atoms with E-state index in [2.05, 4.69) is 5.32 Å². The highest BCUT2D eigenvalue weighted by molar-refractivity contribution is 5.89. The minimum Gasteiger partial charge on any atom is -0.497 e. The standard InChI is InChI=1S/C17H18N2O8/c1-10(12-8-11(24-2)4-5-13(12)25-3)18-15(20)9-26-17(21)14-6-7-16(27-14)19(22)23/h4-8,10H,9H2,1-3H3,(H,18,20)/t10-/m0/s1. The Bertz CT molecular complexity index is 845. The number of nitrogens with one attached hydrogen (secondary N) is 1.